The van der Waals surface area contributed by atoms with Crippen LogP contribution in [0.3, 0.4) is 0 Å². The summed E-state index contributed by atoms with van der Waals surface area (Å²) < 4.78 is 0. The number of anilines is 1. The van der Waals surface area contributed by atoms with E-state index >= 15 is 0 Å². The first-order chi connectivity index (χ1) is 8.65. The van der Waals surface area contributed by atoms with Gasteiger partial charge in [-0.25, -0.2) is 9.97 Å². The number of carboxylic acid groups (broad SMARTS) is 1. The Morgan fingerprint density at radius 3 is 2.67 bits per heavy atom. The molecule has 98 valence electrons. The monoisotopic (exact) mass is 249 g/mol. The normalized spacial score (nSPS) is 15.8. The molecule has 1 aromatic heterocycles. The Bertz CT molecular complexity index is 426. The molecular weight excluding hydrogens is 230 g/mol. The van der Waals surface area contributed by atoms with Gasteiger partial charge in [-0.2, -0.15) is 0 Å². The molecule has 1 aromatic rings. The maximum absolute atomic E-state index is 10.8. The second kappa shape index (κ2) is 5.33. The van der Waals surface area contributed by atoms with E-state index in [4.69, 9.17) is 5.11 Å². The molecule has 1 N–H and O–H groups in total. The van der Waals surface area contributed by atoms with Crippen molar-refractivity contribution in [1.82, 2.24) is 9.97 Å². The molecule has 0 amide bonds. The van der Waals surface area contributed by atoms with Crippen LogP contribution < -0.4 is 4.90 Å². The third kappa shape index (κ3) is 2.44. The van der Waals surface area contributed by atoms with Crippen molar-refractivity contribution in [3.63, 3.8) is 0 Å². The average molecular weight is 249 g/mol. The fourth-order valence-electron chi connectivity index (χ4n) is 2.29. The Balaban J connectivity index is 2.07. The molecule has 2 rings (SSSR count). The lowest BCUT2D eigenvalue weighted by atomic mass is 9.97. The van der Waals surface area contributed by atoms with E-state index < -0.39 is 5.97 Å². The van der Waals surface area contributed by atoms with Gasteiger partial charge in [-0.3, -0.25) is 4.79 Å². The number of hydrogen-bond donors (Lipinski definition) is 1. The van der Waals surface area contributed by atoms with Crippen molar-refractivity contribution < 1.29 is 9.90 Å². The standard InChI is InChI=1S/C13H19N3O2/c1-3-9(4-2)11-5-12(15-8-14-11)16-6-10(7-16)13(17)18/h5,8-10H,3-4,6-7H2,1-2H3,(H,17,18). The Kier molecular flexibility index (Phi) is 3.79. The minimum absolute atomic E-state index is 0.253. The van der Waals surface area contributed by atoms with Crippen LogP contribution in [0, 0.1) is 5.92 Å². The molecule has 1 aliphatic heterocycles. The van der Waals surface area contributed by atoms with Gasteiger partial charge in [0.15, 0.2) is 0 Å². The van der Waals surface area contributed by atoms with Crippen LogP contribution in [0.25, 0.3) is 0 Å². The van der Waals surface area contributed by atoms with Crippen LogP contribution in [0.2, 0.25) is 0 Å². The Morgan fingerprint density at radius 1 is 1.44 bits per heavy atom. The highest BCUT2D eigenvalue weighted by Gasteiger charge is 2.33. The van der Waals surface area contributed by atoms with E-state index in [1.165, 1.54) is 0 Å². The maximum Gasteiger partial charge on any atom is 0.310 e. The number of hydrogen-bond acceptors (Lipinski definition) is 4. The first-order valence-electron chi connectivity index (χ1n) is 6.45. The lowest BCUT2D eigenvalue weighted by molar-refractivity contribution is -0.142. The Labute approximate surface area is 107 Å². The SMILES string of the molecule is CCC(CC)c1cc(N2CC(C(=O)O)C2)ncn1. The van der Waals surface area contributed by atoms with Crippen molar-refractivity contribution >= 4 is 11.8 Å². The van der Waals surface area contributed by atoms with Crippen LogP contribution >= 0.6 is 0 Å². The molecule has 18 heavy (non-hydrogen) atoms. The number of aromatic nitrogens is 2. The molecular formula is C13H19N3O2. The summed E-state index contributed by atoms with van der Waals surface area (Å²) in [7, 11) is 0. The highest BCUT2D eigenvalue weighted by molar-refractivity contribution is 5.74. The minimum Gasteiger partial charge on any atom is -0.481 e. The highest BCUT2D eigenvalue weighted by Crippen LogP contribution is 2.27. The first-order valence-corrected chi connectivity index (χ1v) is 6.45. The fraction of sp³-hybridized carbons (Fsp3) is 0.615. The van der Waals surface area contributed by atoms with Crippen LogP contribution in [0.1, 0.15) is 38.3 Å². The predicted octanol–water partition coefficient (Wildman–Crippen LogP) is 1.90. The summed E-state index contributed by atoms with van der Waals surface area (Å²) in [6, 6.07) is 2.00. The third-order valence-corrected chi connectivity index (χ3v) is 3.63. The molecule has 0 spiro atoms. The van der Waals surface area contributed by atoms with E-state index in [0.717, 1.165) is 24.4 Å². The molecule has 0 radical (unpaired) electrons. The zero-order chi connectivity index (χ0) is 13.1. The van der Waals surface area contributed by atoms with E-state index in [1.54, 1.807) is 6.33 Å². The van der Waals surface area contributed by atoms with Gasteiger partial charge in [0.05, 0.1) is 5.92 Å². The van der Waals surface area contributed by atoms with E-state index in [9.17, 15) is 4.79 Å². The summed E-state index contributed by atoms with van der Waals surface area (Å²) in [5.74, 6) is 0.338. The van der Waals surface area contributed by atoms with E-state index in [-0.39, 0.29) is 5.92 Å². The zero-order valence-electron chi connectivity index (χ0n) is 10.8. The van der Waals surface area contributed by atoms with Crippen molar-refractivity contribution in [3.8, 4) is 0 Å². The second-order valence-corrected chi connectivity index (χ2v) is 4.75. The van der Waals surface area contributed by atoms with Gasteiger partial charge in [0, 0.05) is 30.8 Å². The van der Waals surface area contributed by atoms with E-state index in [2.05, 4.69) is 23.8 Å². The molecule has 1 aliphatic rings. The van der Waals surface area contributed by atoms with Crippen LogP contribution in [0.4, 0.5) is 5.82 Å². The van der Waals surface area contributed by atoms with Gasteiger partial charge in [0.2, 0.25) is 0 Å². The lowest BCUT2D eigenvalue weighted by Crippen LogP contribution is -2.50. The van der Waals surface area contributed by atoms with E-state index in [0.29, 0.717) is 19.0 Å². The summed E-state index contributed by atoms with van der Waals surface area (Å²) in [4.78, 5) is 21.3. The third-order valence-electron chi connectivity index (χ3n) is 3.63. The van der Waals surface area contributed by atoms with Gasteiger partial charge in [-0.05, 0) is 12.8 Å². The molecule has 0 bridgehead atoms. The largest absolute Gasteiger partial charge is 0.481 e. The smallest absolute Gasteiger partial charge is 0.310 e. The summed E-state index contributed by atoms with van der Waals surface area (Å²) in [6.07, 6.45) is 3.70. The average Bonchev–Trinajstić information content (AvgIpc) is 2.29. The molecule has 1 saturated heterocycles. The van der Waals surface area contributed by atoms with Crippen molar-refractivity contribution in [3.05, 3.63) is 18.1 Å². The molecule has 0 aromatic carbocycles. The molecule has 0 aliphatic carbocycles. The molecule has 0 saturated carbocycles. The number of carbonyl (C=O) groups is 1. The molecule has 1 fully saturated rings. The number of rotatable bonds is 5. The van der Waals surface area contributed by atoms with Gasteiger partial charge >= 0.3 is 5.97 Å². The van der Waals surface area contributed by atoms with Crippen molar-refractivity contribution in [1.29, 1.82) is 0 Å². The van der Waals surface area contributed by atoms with E-state index in [1.807, 2.05) is 11.0 Å². The van der Waals surface area contributed by atoms with Crippen molar-refractivity contribution in [2.24, 2.45) is 5.92 Å². The topological polar surface area (TPSA) is 66.3 Å². The summed E-state index contributed by atoms with van der Waals surface area (Å²) in [5, 5.41) is 8.86. The molecule has 5 heteroatoms. The maximum atomic E-state index is 10.8. The minimum atomic E-state index is -0.722. The number of nitrogens with zero attached hydrogens (tertiary/aromatic N) is 3. The zero-order valence-corrected chi connectivity index (χ0v) is 10.8. The fourth-order valence-corrected chi connectivity index (χ4v) is 2.29. The van der Waals surface area contributed by atoms with Crippen LogP contribution in [0.15, 0.2) is 12.4 Å². The van der Waals surface area contributed by atoms with Crippen molar-refractivity contribution in [2.75, 3.05) is 18.0 Å². The number of aliphatic carboxylic acids is 1. The molecule has 0 unspecified atom stereocenters. The summed E-state index contributed by atoms with van der Waals surface area (Å²) in [5.41, 5.74) is 1.06. The van der Waals surface area contributed by atoms with Gasteiger partial charge in [-0.15, -0.1) is 0 Å². The van der Waals surface area contributed by atoms with Gasteiger partial charge in [0.25, 0.3) is 0 Å². The summed E-state index contributed by atoms with van der Waals surface area (Å²) in [6.45, 7) is 5.41. The van der Waals surface area contributed by atoms with Crippen molar-refractivity contribution in [2.45, 2.75) is 32.6 Å². The molecule has 5 nitrogen and oxygen atoms in total. The molecule has 0 atom stereocenters. The van der Waals surface area contributed by atoms with Gasteiger partial charge in [-0.1, -0.05) is 13.8 Å². The van der Waals surface area contributed by atoms with Gasteiger partial charge in [0.1, 0.15) is 12.1 Å². The second-order valence-electron chi connectivity index (χ2n) is 4.75. The number of carboxylic acids is 1. The van der Waals surface area contributed by atoms with Gasteiger partial charge < -0.3 is 10.0 Å². The van der Waals surface area contributed by atoms with Crippen LogP contribution in [-0.2, 0) is 4.79 Å². The van der Waals surface area contributed by atoms with Crippen LogP contribution in [0.5, 0.6) is 0 Å². The highest BCUT2D eigenvalue weighted by atomic mass is 16.4. The quantitative estimate of drug-likeness (QED) is 0.863. The van der Waals surface area contributed by atoms with Crippen LogP contribution in [-0.4, -0.2) is 34.1 Å². The lowest BCUT2D eigenvalue weighted by Gasteiger charge is -2.37. The Hall–Kier alpha value is -1.65. The summed E-state index contributed by atoms with van der Waals surface area (Å²) >= 11 is 0. The molecule has 2 heterocycles. The Morgan fingerprint density at radius 2 is 2.11 bits per heavy atom. The first kappa shape index (κ1) is 12.8. The predicted molar refractivity (Wildman–Crippen MR) is 68.7 cm³/mol.